The van der Waals surface area contributed by atoms with Crippen LogP contribution in [0.25, 0.3) is 0 Å². The maximum atomic E-state index is 4.33. The van der Waals surface area contributed by atoms with Gasteiger partial charge in [0.1, 0.15) is 0 Å². The van der Waals surface area contributed by atoms with Crippen molar-refractivity contribution < 1.29 is 0 Å². The quantitative estimate of drug-likeness (QED) is 0.569. The highest BCUT2D eigenvalue weighted by molar-refractivity contribution is 5.44. The monoisotopic (exact) mass is 260 g/mol. The molecule has 2 fully saturated rings. The van der Waals surface area contributed by atoms with Crippen LogP contribution in [0.5, 0.6) is 0 Å². The fourth-order valence-electron chi connectivity index (χ4n) is 4.66. The molecule has 0 spiro atoms. The summed E-state index contributed by atoms with van der Waals surface area (Å²) in [4.78, 5) is 0. The molecular formula is C19H32. The summed E-state index contributed by atoms with van der Waals surface area (Å²) >= 11 is 0. The molecule has 0 aromatic carbocycles. The third kappa shape index (κ3) is 2.03. The second-order valence-electron chi connectivity index (χ2n) is 7.65. The van der Waals surface area contributed by atoms with Crippen molar-refractivity contribution in [1.82, 2.24) is 0 Å². The van der Waals surface area contributed by atoms with Crippen molar-refractivity contribution >= 4 is 0 Å². The zero-order valence-electron chi connectivity index (χ0n) is 13.9. The third-order valence-electron chi connectivity index (χ3n) is 6.70. The van der Waals surface area contributed by atoms with Gasteiger partial charge in [-0.1, -0.05) is 58.8 Å². The van der Waals surface area contributed by atoms with Crippen molar-refractivity contribution in [2.75, 3.05) is 0 Å². The van der Waals surface area contributed by atoms with Crippen LogP contribution in [0.3, 0.4) is 0 Å². The Hall–Kier alpha value is -0.520. The van der Waals surface area contributed by atoms with Gasteiger partial charge in [0.25, 0.3) is 0 Å². The van der Waals surface area contributed by atoms with Crippen molar-refractivity contribution in [2.24, 2.45) is 22.7 Å². The molecular weight excluding hydrogens is 228 g/mol. The number of hydrogen-bond donors (Lipinski definition) is 0. The molecule has 0 bridgehead atoms. The molecule has 0 heteroatoms. The van der Waals surface area contributed by atoms with E-state index < -0.39 is 0 Å². The third-order valence-corrected chi connectivity index (χ3v) is 6.70. The van der Waals surface area contributed by atoms with Gasteiger partial charge in [0.2, 0.25) is 0 Å². The van der Waals surface area contributed by atoms with Gasteiger partial charge in [0, 0.05) is 0 Å². The zero-order valence-corrected chi connectivity index (χ0v) is 13.9. The molecule has 19 heavy (non-hydrogen) atoms. The summed E-state index contributed by atoms with van der Waals surface area (Å²) < 4.78 is 0. The van der Waals surface area contributed by atoms with Crippen molar-refractivity contribution in [1.29, 1.82) is 0 Å². The van der Waals surface area contributed by atoms with E-state index in [-0.39, 0.29) is 0 Å². The first-order chi connectivity index (χ1) is 8.80. The highest BCUT2D eigenvalue weighted by atomic mass is 14.5. The van der Waals surface area contributed by atoms with E-state index in [0.717, 1.165) is 11.8 Å². The molecule has 0 aromatic heterocycles. The first-order valence-electron chi connectivity index (χ1n) is 8.19. The van der Waals surface area contributed by atoms with E-state index in [1.54, 1.807) is 11.1 Å². The summed E-state index contributed by atoms with van der Waals surface area (Å²) in [5, 5.41) is 0. The van der Waals surface area contributed by atoms with Crippen molar-refractivity contribution in [3.05, 3.63) is 23.3 Å². The highest BCUT2D eigenvalue weighted by Crippen LogP contribution is 2.62. The summed E-state index contributed by atoms with van der Waals surface area (Å²) in [7, 11) is 0. The molecule has 0 radical (unpaired) electrons. The van der Waals surface area contributed by atoms with Crippen LogP contribution in [0.2, 0.25) is 0 Å². The van der Waals surface area contributed by atoms with Gasteiger partial charge in [0.15, 0.2) is 0 Å². The summed E-state index contributed by atoms with van der Waals surface area (Å²) in [6.45, 7) is 18.6. The maximum absolute atomic E-state index is 4.33. The Morgan fingerprint density at radius 1 is 1.32 bits per heavy atom. The lowest BCUT2D eigenvalue weighted by atomic mass is 9.49. The largest absolute Gasteiger partial charge is 0.0958 e. The molecule has 0 aliphatic heterocycles. The van der Waals surface area contributed by atoms with Gasteiger partial charge in [-0.2, -0.15) is 0 Å². The van der Waals surface area contributed by atoms with E-state index in [4.69, 9.17) is 0 Å². The van der Waals surface area contributed by atoms with Crippen molar-refractivity contribution in [2.45, 2.75) is 73.6 Å². The molecule has 2 aliphatic carbocycles. The first kappa shape index (κ1) is 14.9. The summed E-state index contributed by atoms with van der Waals surface area (Å²) in [5.41, 5.74) is 5.69. The van der Waals surface area contributed by atoms with Crippen LogP contribution < -0.4 is 0 Å². The summed E-state index contributed by atoms with van der Waals surface area (Å²) in [5.74, 6) is 1.63. The lowest BCUT2D eigenvalue weighted by molar-refractivity contribution is 0.0746. The first-order valence-corrected chi connectivity index (χ1v) is 8.19. The van der Waals surface area contributed by atoms with E-state index in [1.165, 1.54) is 37.7 Å². The highest BCUT2D eigenvalue weighted by Gasteiger charge is 2.50. The molecule has 4 atom stereocenters. The van der Waals surface area contributed by atoms with Gasteiger partial charge < -0.3 is 0 Å². The van der Waals surface area contributed by atoms with Crippen LogP contribution >= 0.6 is 0 Å². The van der Waals surface area contributed by atoms with Crippen LogP contribution in [0, 0.1) is 22.7 Å². The molecule has 2 saturated carbocycles. The predicted octanol–water partition coefficient (Wildman–Crippen LogP) is 6.14. The van der Waals surface area contributed by atoms with E-state index >= 15 is 0 Å². The van der Waals surface area contributed by atoms with Crippen LogP contribution in [-0.2, 0) is 0 Å². The van der Waals surface area contributed by atoms with E-state index in [0.29, 0.717) is 10.8 Å². The second kappa shape index (κ2) is 4.79. The van der Waals surface area contributed by atoms with Gasteiger partial charge >= 0.3 is 0 Å². The predicted molar refractivity (Wildman–Crippen MR) is 85.1 cm³/mol. The molecule has 2 aliphatic rings. The molecule has 0 amide bonds. The van der Waals surface area contributed by atoms with E-state index in [9.17, 15) is 0 Å². The van der Waals surface area contributed by atoms with Gasteiger partial charge in [-0.15, -0.1) is 0 Å². The van der Waals surface area contributed by atoms with Gasteiger partial charge in [-0.05, 0) is 60.8 Å². The minimum atomic E-state index is 0.430. The van der Waals surface area contributed by atoms with Gasteiger partial charge in [-0.3, -0.25) is 0 Å². The summed E-state index contributed by atoms with van der Waals surface area (Å²) in [6.07, 6.45) is 6.71. The summed E-state index contributed by atoms with van der Waals surface area (Å²) in [6, 6.07) is 0. The van der Waals surface area contributed by atoms with E-state index in [1.807, 2.05) is 0 Å². The molecule has 0 nitrogen and oxygen atoms in total. The average Bonchev–Trinajstić information content (AvgIpc) is 2.36. The topological polar surface area (TPSA) is 0 Å². The second-order valence-corrected chi connectivity index (χ2v) is 7.65. The number of hydrogen-bond acceptors (Lipinski definition) is 0. The Morgan fingerprint density at radius 2 is 1.95 bits per heavy atom. The van der Waals surface area contributed by atoms with Gasteiger partial charge in [-0.25, -0.2) is 0 Å². The van der Waals surface area contributed by atoms with Crippen LogP contribution in [0.4, 0.5) is 0 Å². The fourth-order valence-corrected chi connectivity index (χ4v) is 4.66. The normalized spacial score (nSPS) is 44.3. The fraction of sp³-hybridized carbons (Fsp3) is 0.789. The smallest absolute Gasteiger partial charge is 0.00450 e. The number of allylic oxidation sites excluding steroid dienone is 3. The molecule has 0 aromatic rings. The van der Waals surface area contributed by atoms with E-state index in [2.05, 4.69) is 48.1 Å². The van der Waals surface area contributed by atoms with Crippen molar-refractivity contribution in [3.63, 3.8) is 0 Å². The Balaban J connectivity index is 2.36. The Kier molecular flexibility index (Phi) is 3.75. The van der Waals surface area contributed by atoms with Crippen LogP contribution in [0.1, 0.15) is 73.6 Å². The Labute approximate surface area is 120 Å². The lowest BCUT2D eigenvalue weighted by Gasteiger charge is -2.56. The van der Waals surface area contributed by atoms with Crippen molar-refractivity contribution in [3.8, 4) is 0 Å². The molecule has 108 valence electrons. The molecule has 0 saturated heterocycles. The van der Waals surface area contributed by atoms with Crippen LogP contribution in [0.15, 0.2) is 23.3 Å². The Bertz CT molecular complexity index is 412. The molecule has 0 N–H and O–H groups in total. The lowest BCUT2D eigenvalue weighted by Crippen LogP contribution is -2.45. The Morgan fingerprint density at radius 3 is 2.26 bits per heavy atom. The number of rotatable bonds is 4. The standard InChI is InChI=1S/C19H32/c1-8-15-10-11-19(15,7)17(13(3)4)16-12-18(6,9-2)14(16)5/h14-15H,3,8-12H2,1-2,4-7H3. The molecule has 0 heterocycles. The van der Waals surface area contributed by atoms with Crippen LogP contribution in [-0.4, -0.2) is 0 Å². The minimum absolute atomic E-state index is 0.430. The SMILES string of the molecule is C=C(C)C(=C1CC(C)(CC)C1C)C1(C)CCC1CC. The minimum Gasteiger partial charge on any atom is -0.0958 e. The maximum Gasteiger partial charge on any atom is -0.00450 e. The molecule has 4 unspecified atom stereocenters. The van der Waals surface area contributed by atoms with Gasteiger partial charge in [0.05, 0.1) is 0 Å². The average molecular weight is 260 g/mol. The molecule has 2 rings (SSSR count). The zero-order chi connectivity index (χ0) is 14.4.